The van der Waals surface area contributed by atoms with Crippen molar-refractivity contribution >= 4 is 11.9 Å². The van der Waals surface area contributed by atoms with E-state index in [1.54, 1.807) is 12.0 Å². The minimum Gasteiger partial charge on any atom is -0.469 e. The third kappa shape index (κ3) is 5.46. The predicted molar refractivity (Wildman–Crippen MR) is 87.0 cm³/mol. The van der Waals surface area contributed by atoms with Crippen LogP contribution >= 0.6 is 0 Å². The number of hydrogen-bond acceptors (Lipinski definition) is 5. The van der Waals surface area contributed by atoms with E-state index in [4.69, 9.17) is 14.2 Å². The van der Waals surface area contributed by atoms with Crippen LogP contribution in [0.15, 0.2) is 0 Å². The van der Waals surface area contributed by atoms with Gasteiger partial charge in [0, 0.05) is 25.7 Å². The van der Waals surface area contributed by atoms with E-state index in [0.717, 1.165) is 6.42 Å². The second-order valence-electron chi connectivity index (χ2n) is 7.04. The summed E-state index contributed by atoms with van der Waals surface area (Å²) in [7, 11) is 3.05. The van der Waals surface area contributed by atoms with Crippen molar-refractivity contribution in [2.75, 3.05) is 34.0 Å². The van der Waals surface area contributed by atoms with E-state index in [1.165, 1.54) is 7.11 Å². The van der Waals surface area contributed by atoms with Crippen molar-refractivity contribution in [1.29, 1.82) is 0 Å². The lowest BCUT2D eigenvalue weighted by molar-refractivity contribution is -0.160. The number of esters is 1. The summed E-state index contributed by atoms with van der Waals surface area (Å²) in [6.07, 6.45) is 1.40. The van der Waals surface area contributed by atoms with Gasteiger partial charge >= 0.3 is 5.97 Å². The highest BCUT2D eigenvalue weighted by Crippen LogP contribution is 2.35. The number of nitrogens with zero attached hydrogens (tertiary/aromatic N) is 1. The SMILES string of the molecule is COCCC(C)OCC(C)N1CC(C(=O)OC)CC(C)(C)C1=O. The second kappa shape index (κ2) is 8.64. The first-order valence-electron chi connectivity index (χ1n) is 8.22. The Labute approximate surface area is 139 Å². The summed E-state index contributed by atoms with van der Waals surface area (Å²) >= 11 is 0. The largest absolute Gasteiger partial charge is 0.469 e. The van der Waals surface area contributed by atoms with Gasteiger partial charge in [0.25, 0.3) is 0 Å². The molecule has 0 aromatic rings. The lowest BCUT2D eigenvalue weighted by atomic mass is 9.77. The van der Waals surface area contributed by atoms with Gasteiger partial charge in [-0.15, -0.1) is 0 Å². The highest BCUT2D eigenvalue weighted by atomic mass is 16.5. The molecule has 134 valence electrons. The van der Waals surface area contributed by atoms with Gasteiger partial charge in [-0.05, 0) is 26.7 Å². The fourth-order valence-corrected chi connectivity index (χ4v) is 2.94. The van der Waals surface area contributed by atoms with Crippen LogP contribution in [-0.4, -0.2) is 62.9 Å². The van der Waals surface area contributed by atoms with Crippen LogP contribution in [0.1, 0.15) is 40.5 Å². The Balaban J connectivity index is 2.67. The summed E-state index contributed by atoms with van der Waals surface area (Å²) in [5.74, 6) is -0.462. The van der Waals surface area contributed by atoms with Crippen molar-refractivity contribution in [2.24, 2.45) is 11.3 Å². The van der Waals surface area contributed by atoms with E-state index in [2.05, 4.69) is 0 Å². The number of methoxy groups -OCH3 is 2. The fourth-order valence-electron chi connectivity index (χ4n) is 2.94. The molecule has 1 heterocycles. The molecule has 1 rings (SSSR count). The molecule has 0 radical (unpaired) electrons. The Hall–Kier alpha value is -1.14. The third-order valence-electron chi connectivity index (χ3n) is 4.43. The van der Waals surface area contributed by atoms with E-state index >= 15 is 0 Å². The van der Waals surface area contributed by atoms with E-state index in [0.29, 0.717) is 26.2 Å². The molecule has 1 aliphatic rings. The summed E-state index contributed by atoms with van der Waals surface area (Å²) in [6.45, 7) is 9.20. The van der Waals surface area contributed by atoms with Gasteiger partial charge < -0.3 is 19.1 Å². The monoisotopic (exact) mass is 329 g/mol. The fraction of sp³-hybridized carbons (Fsp3) is 0.882. The van der Waals surface area contributed by atoms with E-state index in [9.17, 15) is 9.59 Å². The van der Waals surface area contributed by atoms with Gasteiger partial charge in [-0.3, -0.25) is 9.59 Å². The molecule has 23 heavy (non-hydrogen) atoms. The highest BCUT2D eigenvalue weighted by Gasteiger charge is 2.44. The zero-order chi connectivity index (χ0) is 17.6. The Morgan fingerprint density at radius 1 is 1.35 bits per heavy atom. The van der Waals surface area contributed by atoms with Crippen LogP contribution in [0.2, 0.25) is 0 Å². The molecular formula is C17H31NO5. The standard InChI is InChI=1S/C17H31NO5/c1-12(11-23-13(2)7-8-21-5)18-10-14(15(19)22-6)9-17(3,4)16(18)20/h12-14H,7-11H2,1-6H3. The van der Waals surface area contributed by atoms with Gasteiger partial charge in [0.2, 0.25) is 5.91 Å². The maximum atomic E-state index is 12.7. The van der Waals surface area contributed by atoms with Crippen molar-refractivity contribution in [3.8, 4) is 0 Å². The quantitative estimate of drug-likeness (QED) is 0.636. The smallest absolute Gasteiger partial charge is 0.310 e. The number of piperidine rings is 1. The molecule has 1 aliphatic heterocycles. The summed E-state index contributed by atoms with van der Waals surface area (Å²) < 4.78 is 15.7. The van der Waals surface area contributed by atoms with Crippen LogP contribution in [0.25, 0.3) is 0 Å². The Bertz CT molecular complexity index is 410. The molecule has 0 aromatic carbocycles. The molecule has 3 unspecified atom stereocenters. The van der Waals surface area contributed by atoms with Crippen LogP contribution in [0.4, 0.5) is 0 Å². The van der Waals surface area contributed by atoms with Crippen molar-refractivity contribution in [3.63, 3.8) is 0 Å². The number of ether oxygens (including phenoxy) is 3. The lowest BCUT2D eigenvalue weighted by Crippen LogP contribution is -2.55. The maximum Gasteiger partial charge on any atom is 0.310 e. The van der Waals surface area contributed by atoms with Crippen molar-refractivity contribution in [2.45, 2.75) is 52.7 Å². The van der Waals surface area contributed by atoms with Gasteiger partial charge in [-0.2, -0.15) is 0 Å². The van der Waals surface area contributed by atoms with Gasteiger partial charge in [0.05, 0.1) is 31.8 Å². The van der Waals surface area contributed by atoms with Crippen LogP contribution in [0.5, 0.6) is 0 Å². The molecule has 1 amide bonds. The molecule has 0 aliphatic carbocycles. The molecule has 0 aromatic heterocycles. The molecule has 1 saturated heterocycles. The molecular weight excluding hydrogens is 298 g/mol. The average Bonchev–Trinajstić information content (AvgIpc) is 2.51. The average molecular weight is 329 g/mol. The van der Waals surface area contributed by atoms with Crippen LogP contribution in [0, 0.1) is 11.3 Å². The van der Waals surface area contributed by atoms with Crippen molar-refractivity contribution in [3.05, 3.63) is 0 Å². The number of amides is 1. The zero-order valence-corrected chi connectivity index (χ0v) is 15.3. The molecule has 1 fully saturated rings. The van der Waals surface area contributed by atoms with E-state index < -0.39 is 5.41 Å². The van der Waals surface area contributed by atoms with Crippen molar-refractivity contribution < 1.29 is 23.8 Å². The minimum absolute atomic E-state index is 0.0679. The molecule has 0 N–H and O–H groups in total. The van der Waals surface area contributed by atoms with E-state index in [-0.39, 0.29) is 29.9 Å². The summed E-state index contributed by atoms with van der Waals surface area (Å²) in [5, 5.41) is 0. The highest BCUT2D eigenvalue weighted by molar-refractivity contribution is 5.85. The normalized spacial score (nSPS) is 23.5. The molecule has 0 saturated carbocycles. The Kier molecular flexibility index (Phi) is 7.48. The van der Waals surface area contributed by atoms with Crippen LogP contribution in [-0.2, 0) is 23.8 Å². The zero-order valence-electron chi connectivity index (χ0n) is 15.3. The summed E-state index contributed by atoms with van der Waals surface area (Å²) in [5.41, 5.74) is -0.562. The Morgan fingerprint density at radius 3 is 2.57 bits per heavy atom. The first kappa shape index (κ1) is 19.9. The maximum absolute atomic E-state index is 12.7. The first-order chi connectivity index (χ1) is 10.7. The molecule has 6 heteroatoms. The number of carbonyl (C=O) groups excluding carboxylic acids is 2. The summed E-state index contributed by atoms with van der Waals surface area (Å²) in [6, 6.07) is -0.0840. The Morgan fingerprint density at radius 2 is 2.00 bits per heavy atom. The van der Waals surface area contributed by atoms with Gasteiger partial charge in [0.1, 0.15) is 0 Å². The summed E-state index contributed by atoms with van der Waals surface area (Å²) in [4.78, 5) is 26.3. The van der Waals surface area contributed by atoms with Crippen LogP contribution < -0.4 is 0 Å². The predicted octanol–water partition coefficient (Wildman–Crippen LogP) is 1.86. The number of likely N-dealkylation sites (tertiary alicyclic amines) is 1. The van der Waals surface area contributed by atoms with Crippen LogP contribution in [0.3, 0.4) is 0 Å². The number of carbonyl (C=O) groups is 2. The van der Waals surface area contributed by atoms with E-state index in [1.807, 2.05) is 27.7 Å². The third-order valence-corrected chi connectivity index (χ3v) is 4.43. The second-order valence-corrected chi connectivity index (χ2v) is 7.04. The molecule has 6 nitrogen and oxygen atoms in total. The minimum atomic E-state index is -0.562. The lowest BCUT2D eigenvalue weighted by Gasteiger charge is -2.43. The van der Waals surface area contributed by atoms with Gasteiger partial charge in [-0.25, -0.2) is 0 Å². The van der Waals surface area contributed by atoms with Gasteiger partial charge in [0.15, 0.2) is 0 Å². The topological polar surface area (TPSA) is 65.1 Å². The van der Waals surface area contributed by atoms with Gasteiger partial charge in [-0.1, -0.05) is 13.8 Å². The molecule has 0 spiro atoms. The van der Waals surface area contributed by atoms with Crippen molar-refractivity contribution in [1.82, 2.24) is 4.90 Å². The number of rotatable bonds is 8. The number of hydrogen-bond donors (Lipinski definition) is 0. The molecule has 0 bridgehead atoms. The first-order valence-corrected chi connectivity index (χ1v) is 8.22. The molecule has 3 atom stereocenters.